The van der Waals surface area contributed by atoms with Gasteiger partial charge in [-0.15, -0.1) is 0 Å². The summed E-state index contributed by atoms with van der Waals surface area (Å²) in [7, 11) is 1.86. The van der Waals surface area contributed by atoms with Crippen LogP contribution in [-0.4, -0.2) is 27.1 Å². The third-order valence-corrected chi connectivity index (χ3v) is 4.72. The summed E-state index contributed by atoms with van der Waals surface area (Å²) in [5, 5.41) is 4.85. The van der Waals surface area contributed by atoms with Crippen molar-refractivity contribution in [2.75, 3.05) is 6.54 Å². The summed E-state index contributed by atoms with van der Waals surface area (Å²) < 4.78 is 20.9. The van der Waals surface area contributed by atoms with Crippen LogP contribution in [-0.2, 0) is 7.05 Å². The predicted molar refractivity (Wildman–Crippen MR) is 87.1 cm³/mol. The molecule has 1 aliphatic heterocycles. The molecule has 1 amide bonds. The van der Waals surface area contributed by atoms with Crippen LogP contribution in [0.2, 0.25) is 0 Å². The lowest BCUT2D eigenvalue weighted by molar-refractivity contribution is 0.0704. The number of carbonyl (C=O) groups is 1. The van der Waals surface area contributed by atoms with E-state index < -0.39 is 0 Å². The average molecular weight is 327 g/mol. The fourth-order valence-electron chi connectivity index (χ4n) is 3.50. The summed E-state index contributed by atoms with van der Waals surface area (Å²) in [5.41, 5.74) is 2.25. The van der Waals surface area contributed by atoms with Crippen molar-refractivity contribution in [2.45, 2.75) is 25.8 Å². The van der Waals surface area contributed by atoms with Crippen LogP contribution in [0.1, 0.15) is 40.6 Å². The molecule has 24 heavy (non-hydrogen) atoms. The molecule has 5 nitrogen and oxygen atoms in total. The van der Waals surface area contributed by atoms with Gasteiger partial charge in [0.1, 0.15) is 11.4 Å². The number of rotatable bonds is 2. The molecule has 4 rings (SSSR count). The summed E-state index contributed by atoms with van der Waals surface area (Å²) in [5.74, 6) is -0.179. The Kier molecular flexibility index (Phi) is 3.40. The number of amides is 1. The zero-order chi connectivity index (χ0) is 16.8. The van der Waals surface area contributed by atoms with Crippen molar-refractivity contribution in [1.29, 1.82) is 0 Å². The van der Waals surface area contributed by atoms with Gasteiger partial charge >= 0.3 is 0 Å². The molecule has 1 aliphatic rings. The van der Waals surface area contributed by atoms with Crippen LogP contribution < -0.4 is 0 Å². The minimum absolute atomic E-state index is 0.00977. The normalized spacial score (nSPS) is 17.8. The van der Waals surface area contributed by atoms with Crippen LogP contribution in [0.25, 0.3) is 11.0 Å². The van der Waals surface area contributed by atoms with Crippen LogP contribution in [0.5, 0.6) is 0 Å². The number of nitrogens with zero attached hydrogens (tertiary/aromatic N) is 3. The highest BCUT2D eigenvalue weighted by atomic mass is 19.1. The molecule has 3 aromatic rings. The first-order chi connectivity index (χ1) is 11.5. The molecule has 0 unspecified atom stereocenters. The summed E-state index contributed by atoms with van der Waals surface area (Å²) in [4.78, 5) is 14.9. The first kappa shape index (κ1) is 14.9. The molecule has 0 radical (unpaired) electrons. The quantitative estimate of drug-likeness (QED) is 0.723. The summed E-state index contributed by atoms with van der Waals surface area (Å²) in [6, 6.07) is 4.33. The minimum atomic E-state index is -0.334. The van der Waals surface area contributed by atoms with Crippen molar-refractivity contribution in [2.24, 2.45) is 7.05 Å². The first-order valence-corrected chi connectivity index (χ1v) is 8.03. The van der Waals surface area contributed by atoms with Crippen molar-refractivity contribution in [3.05, 3.63) is 53.3 Å². The Balaban J connectivity index is 1.71. The number of aromatic nitrogens is 2. The fourth-order valence-corrected chi connectivity index (χ4v) is 3.50. The Hall–Kier alpha value is -2.63. The number of aryl methyl sites for hydroxylation is 2. The highest BCUT2D eigenvalue weighted by molar-refractivity contribution is 5.99. The summed E-state index contributed by atoms with van der Waals surface area (Å²) >= 11 is 0. The smallest absolute Gasteiger partial charge is 0.290 e. The molecule has 1 atom stereocenters. The molecule has 3 heterocycles. The highest BCUT2D eigenvalue weighted by Crippen LogP contribution is 2.35. The number of fused-ring (bicyclic) bond motifs is 1. The van der Waals surface area contributed by atoms with Gasteiger partial charge in [-0.25, -0.2) is 4.39 Å². The largest absolute Gasteiger partial charge is 0.451 e. The lowest BCUT2D eigenvalue weighted by atomic mass is 10.1. The van der Waals surface area contributed by atoms with E-state index in [1.165, 1.54) is 12.1 Å². The van der Waals surface area contributed by atoms with E-state index in [2.05, 4.69) is 5.10 Å². The molecule has 124 valence electrons. The molecule has 0 spiro atoms. The van der Waals surface area contributed by atoms with Gasteiger partial charge in [0, 0.05) is 36.3 Å². The Morgan fingerprint density at radius 3 is 3.00 bits per heavy atom. The van der Waals surface area contributed by atoms with E-state index in [-0.39, 0.29) is 17.8 Å². The van der Waals surface area contributed by atoms with Gasteiger partial charge in [-0.05, 0) is 38.0 Å². The topological polar surface area (TPSA) is 51.3 Å². The molecule has 1 saturated heterocycles. The van der Waals surface area contributed by atoms with Gasteiger partial charge in [-0.1, -0.05) is 0 Å². The minimum Gasteiger partial charge on any atom is -0.451 e. The lowest BCUT2D eigenvalue weighted by Crippen LogP contribution is -2.30. The molecule has 1 fully saturated rings. The first-order valence-electron chi connectivity index (χ1n) is 8.03. The molecule has 1 aromatic carbocycles. The van der Waals surface area contributed by atoms with Crippen molar-refractivity contribution < 1.29 is 13.6 Å². The summed E-state index contributed by atoms with van der Waals surface area (Å²) in [6.45, 7) is 2.48. The second kappa shape index (κ2) is 5.47. The maximum Gasteiger partial charge on any atom is 0.290 e. The molecule has 0 bridgehead atoms. The fraction of sp³-hybridized carbons (Fsp3) is 0.333. The van der Waals surface area contributed by atoms with Crippen LogP contribution in [0.15, 0.2) is 35.0 Å². The number of hydrogen-bond donors (Lipinski definition) is 0. The third-order valence-electron chi connectivity index (χ3n) is 4.72. The zero-order valence-electron chi connectivity index (χ0n) is 13.6. The number of furan rings is 1. The Bertz CT molecular complexity index is 928. The number of likely N-dealkylation sites (tertiary alicyclic amines) is 1. The van der Waals surface area contributed by atoms with Gasteiger partial charge in [0.2, 0.25) is 0 Å². The van der Waals surface area contributed by atoms with E-state index in [0.29, 0.717) is 28.8 Å². The summed E-state index contributed by atoms with van der Waals surface area (Å²) in [6.07, 6.45) is 5.60. The Labute approximate surface area is 138 Å². The molecule has 0 N–H and O–H groups in total. The zero-order valence-corrected chi connectivity index (χ0v) is 13.6. The standard InChI is InChI=1S/C18H18FN3O2/c1-11-14-8-13(19)5-6-16(14)24-17(11)18(23)22-7-3-4-15(22)12-9-20-21(2)10-12/h5-6,8-10,15H,3-4,7H2,1-2H3/t15-/m1/s1. The van der Waals surface area contributed by atoms with Gasteiger partial charge in [0.05, 0.1) is 12.2 Å². The Morgan fingerprint density at radius 1 is 1.42 bits per heavy atom. The van der Waals surface area contributed by atoms with Crippen LogP contribution >= 0.6 is 0 Å². The van der Waals surface area contributed by atoms with Gasteiger partial charge in [-0.3, -0.25) is 9.48 Å². The van der Waals surface area contributed by atoms with Crippen molar-refractivity contribution >= 4 is 16.9 Å². The van der Waals surface area contributed by atoms with E-state index >= 15 is 0 Å². The van der Waals surface area contributed by atoms with E-state index in [1.807, 2.05) is 18.1 Å². The number of halogens is 1. The SMILES string of the molecule is Cc1c(C(=O)N2CCC[C@@H]2c2cnn(C)c2)oc2ccc(F)cc12. The molecule has 0 saturated carbocycles. The molecule has 0 aliphatic carbocycles. The van der Waals surface area contributed by atoms with Gasteiger partial charge < -0.3 is 9.32 Å². The highest BCUT2D eigenvalue weighted by Gasteiger charge is 2.34. The van der Waals surface area contributed by atoms with E-state index in [1.54, 1.807) is 23.9 Å². The van der Waals surface area contributed by atoms with E-state index in [9.17, 15) is 9.18 Å². The van der Waals surface area contributed by atoms with Gasteiger partial charge in [0.25, 0.3) is 5.91 Å². The number of benzene rings is 1. The second-order valence-corrected chi connectivity index (χ2v) is 6.30. The van der Waals surface area contributed by atoms with Crippen molar-refractivity contribution in [1.82, 2.24) is 14.7 Å². The monoisotopic (exact) mass is 327 g/mol. The second-order valence-electron chi connectivity index (χ2n) is 6.30. The van der Waals surface area contributed by atoms with E-state index in [0.717, 1.165) is 18.4 Å². The van der Waals surface area contributed by atoms with Gasteiger partial charge in [-0.2, -0.15) is 5.10 Å². The molecule has 6 heteroatoms. The number of hydrogen-bond acceptors (Lipinski definition) is 3. The van der Waals surface area contributed by atoms with Crippen LogP contribution in [0.3, 0.4) is 0 Å². The van der Waals surface area contributed by atoms with Crippen molar-refractivity contribution in [3.63, 3.8) is 0 Å². The molecular formula is C18H18FN3O2. The van der Waals surface area contributed by atoms with Gasteiger partial charge in [0.15, 0.2) is 5.76 Å². The third kappa shape index (κ3) is 2.29. The van der Waals surface area contributed by atoms with E-state index in [4.69, 9.17) is 4.42 Å². The van der Waals surface area contributed by atoms with Crippen LogP contribution in [0, 0.1) is 12.7 Å². The lowest BCUT2D eigenvalue weighted by Gasteiger charge is -2.23. The molecular weight excluding hydrogens is 309 g/mol. The maximum absolute atomic E-state index is 13.5. The average Bonchev–Trinajstić information content (AvgIpc) is 3.26. The predicted octanol–water partition coefficient (Wildman–Crippen LogP) is 3.59. The Morgan fingerprint density at radius 2 is 2.25 bits per heavy atom. The maximum atomic E-state index is 13.5. The van der Waals surface area contributed by atoms with Crippen molar-refractivity contribution in [3.8, 4) is 0 Å². The van der Waals surface area contributed by atoms with Crippen LogP contribution in [0.4, 0.5) is 4.39 Å². The molecule has 2 aromatic heterocycles. The number of carbonyl (C=O) groups excluding carboxylic acids is 1.